The molecule has 0 aromatic carbocycles. The summed E-state index contributed by atoms with van der Waals surface area (Å²) in [6.45, 7) is 2.01. The average molecular weight is 159 g/mol. The molecule has 1 saturated heterocycles. The monoisotopic (exact) mass is 159 g/mol. The Morgan fingerprint density at radius 2 is 2.00 bits per heavy atom. The van der Waals surface area contributed by atoms with E-state index in [0.717, 1.165) is 12.8 Å². The first-order valence-corrected chi connectivity index (χ1v) is 4.11. The van der Waals surface area contributed by atoms with Crippen molar-refractivity contribution < 1.29 is 9.84 Å². The van der Waals surface area contributed by atoms with E-state index in [4.69, 9.17) is 9.84 Å². The summed E-state index contributed by atoms with van der Waals surface area (Å²) in [4.78, 5) is 2.15. The third-order valence-electron chi connectivity index (χ3n) is 2.29. The summed E-state index contributed by atoms with van der Waals surface area (Å²) in [6.07, 6.45) is 1.39. The van der Waals surface area contributed by atoms with Gasteiger partial charge in [-0.1, -0.05) is 0 Å². The van der Waals surface area contributed by atoms with Gasteiger partial charge in [-0.2, -0.15) is 0 Å². The SMILES string of the molecule is C[C@H]1O[C@H](O)CCC1N(C)C. The highest BCUT2D eigenvalue weighted by Gasteiger charge is 2.27. The van der Waals surface area contributed by atoms with Gasteiger partial charge in [0.15, 0.2) is 6.29 Å². The van der Waals surface area contributed by atoms with Crippen LogP contribution in [0.1, 0.15) is 19.8 Å². The Bertz CT molecular complexity index is 127. The van der Waals surface area contributed by atoms with Crippen molar-refractivity contribution in [1.29, 1.82) is 0 Å². The van der Waals surface area contributed by atoms with Crippen molar-refractivity contribution in [2.24, 2.45) is 0 Å². The van der Waals surface area contributed by atoms with Crippen molar-refractivity contribution in [2.45, 2.75) is 38.2 Å². The van der Waals surface area contributed by atoms with Crippen LogP contribution in [-0.4, -0.2) is 42.5 Å². The molecule has 66 valence electrons. The maximum Gasteiger partial charge on any atom is 0.155 e. The number of likely N-dealkylation sites (N-methyl/N-ethyl adjacent to an activating group) is 1. The summed E-state index contributed by atoms with van der Waals surface area (Å²) in [5, 5.41) is 9.14. The first-order chi connectivity index (χ1) is 5.11. The van der Waals surface area contributed by atoms with Gasteiger partial charge in [-0.25, -0.2) is 0 Å². The third-order valence-corrected chi connectivity index (χ3v) is 2.29. The van der Waals surface area contributed by atoms with E-state index < -0.39 is 6.29 Å². The van der Waals surface area contributed by atoms with Gasteiger partial charge in [0.1, 0.15) is 0 Å². The minimum absolute atomic E-state index is 0.147. The fourth-order valence-corrected chi connectivity index (χ4v) is 1.63. The number of hydrogen-bond acceptors (Lipinski definition) is 3. The minimum atomic E-state index is -0.541. The van der Waals surface area contributed by atoms with E-state index in [1.54, 1.807) is 0 Å². The Balaban J connectivity index is 2.44. The number of rotatable bonds is 1. The van der Waals surface area contributed by atoms with Crippen molar-refractivity contribution in [3.63, 3.8) is 0 Å². The number of aliphatic hydroxyl groups is 1. The molecule has 0 radical (unpaired) electrons. The van der Waals surface area contributed by atoms with Crippen molar-refractivity contribution in [2.75, 3.05) is 14.1 Å². The number of hydrogen-bond donors (Lipinski definition) is 1. The molecule has 1 unspecified atom stereocenters. The molecule has 0 spiro atoms. The fraction of sp³-hybridized carbons (Fsp3) is 1.00. The summed E-state index contributed by atoms with van der Waals surface area (Å²) in [5.74, 6) is 0. The van der Waals surface area contributed by atoms with Crippen LogP contribution in [0, 0.1) is 0 Å². The van der Waals surface area contributed by atoms with Crippen LogP contribution < -0.4 is 0 Å². The van der Waals surface area contributed by atoms with E-state index in [-0.39, 0.29) is 6.10 Å². The van der Waals surface area contributed by atoms with E-state index >= 15 is 0 Å². The lowest BCUT2D eigenvalue weighted by atomic mass is 10.0. The normalized spacial score (nSPS) is 39.5. The van der Waals surface area contributed by atoms with Crippen LogP contribution in [0.3, 0.4) is 0 Å². The number of nitrogens with zero attached hydrogens (tertiary/aromatic N) is 1. The molecule has 1 N–H and O–H groups in total. The molecule has 3 atom stereocenters. The van der Waals surface area contributed by atoms with Gasteiger partial charge in [0.2, 0.25) is 0 Å². The van der Waals surface area contributed by atoms with E-state index in [1.807, 2.05) is 21.0 Å². The summed E-state index contributed by atoms with van der Waals surface area (Å²) in [7, 11) is 4.09. The lowest BCUT2D eigenvalue weighted by molar-refractivity contribution is -0.177. The summed E-state index contributed by atoms with van der Waals surface area (Å²) >= 11 is 0. The van der Waals surface area contributed by atoms with Gasteiger partial charge in [0, 0.05) is 6.04 Å². The van der Waals surface area contributed by atoms with Crippen LogP contribution in [0.25, 0.3) is 0 Å². The summed E-state index contributed by atoms with van der Waals surface area (Å²) in [5.41, 5.74) is 0. The first-order valence-electron chi connectivity index (χ1n) is 4.11. The predicted octanol–water partition coefficient (Wildman–Crippen LogP) is 0.434. The lowest BCUT2D eigenvalue weighted by Crippen LogP contribution is -2.44. The first kappa shape index (κ1) is 8.97. The van der Waals surface area contributed by atoms with E-state index in [0.29, 0.717) is 6.04 Å². The summed E-state index contributed by atoms with van der Waals surface area (Å²) < 4.78 is 5.27. The molecular formula is C8H17NO2. The number of aliphatic hydroxyl groups excluding tert-OH is 1. The molecule has 11 heavy (non-hydrogen) atoms. The maximum absolute atomic E-state index is 9.14. The van der Waals surface area contributed by atoms with Crippen LogP contribution >= 0.6 is 0 Å². The Morgan fingerprint density at radius 3 is 2.45 bits per heavy atom. The molecule has 0 aromatic heterocycles. The Morgan fingerprint density at radius 1 is 1.36 bits per heavy atom. The highest BCUT2D eigenvalue weighted by molar-refractivity contribution is 4.77. The Labute approximate surface area is 68.0 Å². The average Bonchev–Trinajstić information content (AvgIpc) is 1.85. The lowest BCUT2D eigenvalue weighted by Gasteiger charge is -2.36. The zero-order chi connectivity index (χ0) is 8.43. The van der Waals surface area contributed by atoms with Crippen LogP contribution in [0.15, 0.2) is 0 Å². The molecule has 1 aliphatic heterocycles. The van der Waals surface area contributed by atoms with Gasteiger partial charge in [0.05, 0.1) is 6.10 Å². The number of ether oxygens (including phenoxy) is 1. The predicted molar refractivity (Wildman–Crippen MR) is 43.3 cm³/mol. The molecule has 0 saturated carbocycles. The van der Waals surface area contributed by atoms with Crippen LogP contribution in [0.5, 0.6) is 0 Å². The van der Waals surface area contributed by atoms with E-state index in [1.165, 1.54) is 0 Å². The van der Waals surface area contributed by atoms with Crippen molar-refractivity contribution in [3.8, 4) is 0 Å². The fourth-order valence-electron chi connectivity index (χ4n) is 1.63. The molecule has 1 rings (SSSR count). The second-order valence-corrected chi connectivity index (χ2v) is 3.40. The molecule has 3 heteroatoms. The highest BCUT2D eigenvalue weighted by atomic mass is 16.6. The summed E-state index contributed by atoms with van der Waals surface area (Å²) in [6, 6.07) is 0.457. The van der Waals surface area contributed by atoms with Crippen molar-refractivity contribution in [3.05, 3.63) is 0 Å². The van der Waals surface area contributed by atoms with Crippen LogP contribution in [-0.2, 0) is 4.74 Å². The zero-order valence-corrected chi connectivity index (χ0v) is 7.45. The van der Waals surface area contributed by atoms with Gasteiger partial charge in [-0.15, -0.1) is 0 Å². The molecule has 0 bridgehead atoms. The molecule has 0 amide bonds. The van der Waals surface area contributed by atoms with Gasteiger partial charge < -0.3 is 14.7 Å². The molecule has 3 nitrogen and oxygen atoms in total. The van der Waals surface area contributed by atoms with Gasteiger partial charge >= 0.3 is 0 Å². The molecule has 1 fully saturated rings. The highest BCUT2D eigenvalue weighted by Crippen LogP contribution is 2.20. The van der Waals surface area contributed by atoms with Gasteiger partial charge in [-0.3, -0.25) is 0 Å². The maximum atomic E-state index is 9.14. The molecule has 1 aliphatic rings. The van der Waals surface area contributed by atoms with Crippen LogP contribution in [0.2, 0.25) is 0 Å². The van der Waals surface area contributed by atoms with Crippen LogP contribution in [0.4, 0.5) is 0 Å². The second kappa shape index (κ2) is 3.52. The van der Waals surface area contributed by atoms with Gasteiger partial charge in [-0.05, 0) is 33.9 Å². The Kier molecular flexibility index (Phi) is 2.87. The van der Waals surface area contributed by atoms with Gasteiger partial charge in [0.25, 0.3) is 0 Å². The topological polar surface area (TPSA) is 32.7 Å². The van der Waals surface area contributed by atoms with E-state index in [2.05, 4.69) is 4.90 Å². The smallest absolute Gasteiger partial charge is 0.155 e. The standard InChI is InChI=1S/C8H17NO2/c1-6-7(9(2)3)4-5-8(10)11-6/h6-8,10H,4-5H2,1-3H3/t6-,7?,8+/m1/s1. The quantitative estimate of drug-likeness (QED) is 0.602. The largest absolute Gasteiger partial charge is 0.368 e. The van der Waals surface area contributed by atoms with E-state index in [9.17, 15) is 0 Å². The molecule has 0 aromatic rings. The zero-order valence-electron chi connectivity index (χ0n) is 7.45. The minimum Gasteiger partial charge on any atom is -0.368 e. The molecular weight excluding hydrogens is 142 g/mol. The molecule has 1 heterocycles. The third kappa shape index (κ3) is 2.15. The second-order valence-electron chi connectivity index (χ2n) is 3.40. The van der Waals surface area contributed by atoms with Crippen molar-refractivity contribution in [1.82, 2.24) is 4.90 Å². The Hall–Kier alpha value is -0.120. The molecule has 0 aliphatic carbocycles. The van der Waals surface area contributed by atoms with Crippen molar-refractivity contribution >= 4 is 0 Å².